The van der Waals surface area contributed by atoms with Gasteiger partial charge in [-0.25, -0.2) is 4.99 Å². The van der Waals surface area contributed by atoms with E-state index in [4.69, 9.17) is 14.1 Å². The van der Waals surface area contributed by atoms with Gasteiger partial charge in [0.2, 0.25) is 0 Å². The molecule has 0 saturated heterocycles. The zero-order chi connectivity index (χ0) is 19.9. The van der Waals surface area contributed by atoms with Crippen molar-refractivity contribution >= 4 is 22.4 Å². The van der Waals surface area contributed by atoms with Gasteiger partial charge in [-0.05, 0) is 57.2 Å². The van der Waals surface area contributed by atoms with Gasteiger partial charge in [-0.2, -0.15) is 0 Å². The van der Waals surface area contributed by atoms with Crippen molar-refractivity contribution in [2.24, 2.45) is 16.3 Å². The number of fused-ring (bicyclic) bond motifs is 2. The lowest BCUT2D eigenvalue weighted by atomic mass is 9.92. The second kappa shape index (κ2) is 6.76. The van der Waals surface area contributed by atoms with Gasteiger partial charge in [0.1, 0.15) is 17.0 Å². The van der Waals surface area contributed by atoms with Gasteiger partial charge in [0.05, 0.1) is 24.4 Å². The van der Waals surface area contributed by atoms with Crippen LogP contribution in [0.1, 0.15) is 26.5 Å². The third kappa shape index (κ3) is 3.36. The SMILES string of the molecule is CNC1=C(c2cc3cc(OC)ccc3o2)N=C2C=C(C#CC(C)(C)C)C=CC21. The van der Waals surface area contributed by atoms with E-state index in [1.54, 1.807) is 7.11 Å². The number of nitrogens with one attached hydrogen (secondary N) is 1. The summed E-state index contributed by atoms with van der Waals surface area (Å²) in [5.74, 6) is 8.20. The van der Waals surface area contributed by atoms with Gasteiger partial charge in [0, 0.05) is 23.4 Å². The Bertz CT molecular complexity index is 1120. The third-order valence-electron chi connectivity index (χ3n) is 4.71. The molecule has 4 nitrogen and oxygen atoms in total. The number of hydrogen-bond donors (Lipinski definition) is 1. The first-order chi connectivity index (χ1) is 13.4. The van der Waals surface area contributed by atoms with Crippen molar-refractivity contribution in [3.63, 3.8) is 0 Å². The van der Waals surface area contributed by atoms with Gasteiger partial charge in [0.25, 0.3) is 0 Å². The van der Waals surface area contributed by atoms with E-state index in [0.717, 1.165) is 45.2 Å². The molecule has 4 heteroatoms. The minimum atomic E-state index is -0.0299. The molecule has 28 heavy (non-hydrogen) atoms. The van der Waals surface area contributed by atoms with Gasteiger partial charge < -0.3 is 14.5 Å². The molecule has 142 valence electrons. The third-order valence-corrected chi connectivity index (χ3v) is 4.71. The fourth-order valence-corrected chi connectivity index (χ4v) is 3.34. The zero-order valence-electron chi connectivity index (χ0n) is 16.9. The highest BCUT2D eigenvalue weighted by Crippen LogP contribution is 2.37. The minimum Gasteiger partial charge on any atom is -0.497 e. The maximum atomic E-state index is 6.08. The number of methoxy groups -OCH3 is 1. The van der Waals surface area contributed by atoms with Crippen LogP contribution in [0.2, 0.25) is 0 Å². The van der Waals surface area contributed by atoms with E-state index in [9.17, 15) is 0 Å². The topological polar surface area (TPSA) is 46.8 Å². The molecular weight excluding hydrogens is 348 g/mol. The van der Waals surface area contributed by atoms with Crippen molar-refractivity contribution in [3.05, 3.63) is 59.5 Å². The molecule has 0 amide bonds. The van der Waals surface area contributed by atoms with Crippen LogP contribution in [0.15, 0.2) is 63.2 Å². The molecule has 1 atom stereocenters. The van der Waals surface area contributed by atoms with Crippen LogP contribution in [0.3, 0.4) is 0 Å². The number of furan rings is 1. The number of aliphatic imine (C=N–C) groups is 1. The van der Waals surface area contributed by atoms with Crippen molar-refractivity contribution in [2.45, 2.75) is 20.8 Å². The maximum Gasteiger partial charge on any atom is 0.155 e. The minimum absolute atomic E-state index is 0.0299. The summed E-state index contributed by atoms with van der Waals surface area (Å²) in [7, 11) is 3.59. The summed E-state index contributed by atoms with van der Waals surface area (Å²) in [6, 6.07) is 7.80. The summed E-state index contributed by atoms with van der Waals surface area (Å²) >= 11 is 0. The van der Waals surface area contributed by atoms with Crippen LogP contribution in [-0.4, -0.2) is 19.9 Å². The highest BCUT2D eigenvalue weighted by Gasteiger charge is 2.30. The lowest BCUT2D eigenvalue weighted by molar-refractivity contribution is 0.415. The van der Waals surface area contributed by atoms with E-state index in [2.05, 4.69) is 56.2 Å². The predicted molar refractivity (Wildman–Crippen MR) is 114 cm³/mol. The Morgan fingerprint density at radius 1 is 1.21 bits per heavy atom. The van der Waals surface area contributed by atoms with Crippen LogP contribution in [0.5, 0.6) is 5.75 Å². The van der Waals surface area contributed by atoms with Crippen LogP contribution in [0.4, 0.5) is 0 Å². The van der Waals surface area contributed by atoms with Gasteiger partial charge in [-0.3, -0.25) is 0 Å². The first kappa shape index (κ1) is 18.2. The zero-order valence-corrected chi connectivity index (χ0v) is 16.9. The van der Waals surface area contributed by atoms with E-state index in [1.165, 1.54) is 0 Å². The van der Waals surface area contributed by atoms with Gasteiger partial charge in [0.15, 0.2) is 5.76 Å². The van der Waals surface area contributed by atoms with E-state index < -0.39 is 0 Å². The summed E-state index contributed by atoms with van der Waals surface area (Å²) in [6.45, 7) is 6.33. The van der Waals surface area contributed by atoms with Gasteiger partial charge >= 0.3 is 0 Å². The molecule has 1 aliphatic heterocycles. The van der Waals surface area contributed by atoms with Crippen molar-refractivity contribution in [1.82, 2.24) is 5.32 Å². The highest BCUT2D eigenvalue weighted by atomic mass is 16.5. The largest absolute Gasteiger partial charge is 0.497 e. The van der Waals surface area contributed by atoms with E-state index in [-0.39, 0.29) is 11.3 Å². The Hall–Kier alpha value is -3.19. The van der Waals surface area contributed by atoms with Crippen molar-refractivity contribution < 1.29 is 9.15 Å². The van der Waals surface area contributed by atoms with Gasteiger partial charge in [-0.1, -0.05) is 17.9 Å². The number of hydrogen-bond acceptors (Lipinski definition) is 4. The first-order valence-corrected chi connectivity index (χ1v) is 9.39. The molecule has 0 saturated carbocycles. The quantitative estimate of drug-likeness (QED) is 0.776. The number of nitrogens with zero attached hydrogens (tertiary/aromatic N) is 1. The molecule has 1 aliphatic carbocycles. The number of allylic oxidation sites excluding steroid dienone is 4. The number of benzene rings is 1. The summed E-state index contributed by atoms with van der Waals surface area (Å²) in [5.41, 5.74) is 4.63. The predicted octanol–water partition coefficient (Wildman–Crippen LogP) is 4.95. The van der Waals surface area contributed by atoms with Crippen LogP contribution in [0, 0.1) is 23.2 Å². The Morgan fingerprint density at radius 2 is 2.04 bits per heavy atom. The molecule has 1 N–H and O–H groups in total. The Kier molecular flexibility index (Phi) is 4.39. The standard InChI is InChI=1S/C24H24N2O2/c1-24(2,3)11-10-15-6-8-18-19(12-15)26-23(22(18)25-4)21-14-16-13-17(27-5)7-9-20(16)28-21/h6-9,12-14,18,25H,1-5H3. The van der Waals surface area contributed by atoms with Crippen LogP contribution < -0.4 is 10.1 Å². The molecule has 2 aliphatic rings. The second-order valence-corrected chi connectivity index (χ2v) is 8.00. The lowest BCUT2D eigenvalue weighted by Crippen LogP contribution is -2.20. The normalized spacial score (nSPS) is 18.4. The molecule has 4 rings (SSSR count). The van der Waals surface area contributed by atoms with E-state index >= 15 is 0 Å². The summed E-state index contributed by atoms with van der Waals surface area (Å²) in [5, 5.41) is 4.31. The molecular formula is C24H24N2O2. The molecule has 2 aromatic rings. The number of rotatable bonds is 3. The van der Waals surface area contributed by atoms with Crippen molar-refractivity contribution in [1.29, 1.82) is 0 Å². The Balaban J connectivity index is 1.73. The average Bonchev–Trinajstić information content (AvgIpc) is 3.25. The van der Waals surface area contributed by atoms with E-state index in [1.807, 2.05) is 31.3 Å². The molecule has 1 aromatic heterocycles. The van der Waals surface area contributed by atoms with Crippen molar-refractivity contribution in [2.75, 3.05) is 14.2 Å². The summed E-state index contributed by atoms with van der Waals surface area (Å²) in [6.07, 6.45) is 6.29. The monoisotopic (exact) mass is 372 g/mol. The second-order valence-electron chi connectivity index (χ2n) is 8.00. The molecule has 0 spiro atoms. The molecule has 0 fully saturated rings. The highest BCUT2D eigenvalue weighted by molar-refractivity contribution is 6.09. The molecule has 2 heterocycles. The first-order valence-electron chi connectivity index (χ1n) is 9.39. The molecule has 1 aromatic carbocycles. The Morgan fingerprint density at radius 3 is 2.75 bits per heavy atom. The fraction of sp³-hybridized carbons (Fsp3) is 0.292. The summed E-state index contributed by atoms with van der Waals surface area (Å²) < 4.78 is 11.4. The van der Waals surface area contributed by atoms with Crippen molar-refractivity contribution in [3.8, 4) is 17.6 Å². The number of ether oxygens (including phenoxy) is 1. The Labute approximate surface area is 165 Å². The van der Waals surface area contributed by atoms with Crippen LogP contribution in [-0.2, 0) is 0 Å². The molecule has 0 radical (unpaired) electrons. The van der Waals surface area contributed by atoms with E-state index in [0.29, 0.717) is 0 Å². The summed E-state index contributed by atoms with van der Waals surface area (Å²) in [4.78, 5) is 4.88. The van der Waals surface area contributed by atoms with Gasteiger partial charge in [-0.15, -0.1) is 0 Å². The average molecular weight is 372 g/mol. The lowest BCUT2D eigenvalue weighted by Gasteiger charge is -2.15. The maximum absolute atomic E-state index is 6.08. The van der Waals surface area contributed by atoms with Crippen LogP contribution in [0.25, 0.3) is 16.7 Å². The molecule has 1 unspecified atom stereocenters. The fourth-order valence-electron chi connectivity index (χ4n) is 3.34. The van der Waals surface area contributed by atoms with Crippen LogP contribution >= 0.6 is 0 Å². The molecule has 0 bridgehead atoms. The smallest absolute Gasteiger partial charge is 0.155 e.